The Balaban J connectivity index is 3.93. The topological polar surface area (TPSA) is 78.9 Å². The summed E-state index contributed by atoms with van der Waals surface area (Å²) in [4.78, 5) is 33.2. The van der Waals surface area contributed by atoms with Crippen molar-refractivity contribution in [3.8, 4) is 0 Å². The first kappa shape index (κ1) is 22.6. The second-order valence-corrected chi connectivity index (χ2v) is 5.35. The van der Waals surface area contributed by atoms with Crippen molar-refractivity contribution >= 4 is 17.9 Å². The van der Waals surface area contributed by atoms with Crippen LogP contribution in [-0.4, -0.2) is 37.2 Å². The number of rotatable bonds is 15. The molecule has 0 fully saturated rings. The van der Waals surface area contributed by atoms with Gasteiger partial charge in [-0.25, -0.2) is 14.4 Å². The van der Waals surface area contributed by atoms with Crippen molar-refractivity contribution in [1.29, 1.82) is 0 Å². The van der Waals surface area contributed by atoms with Gasteiger partial charge in [0, 0.05) is 18.2 Å². The molecular weight excluding hydrogens is 324 g/mol. The third-order valence-electron chi connectivity index (χ3n) is 3.36. The fourth-order valence-electron chi connectivity index (χ4n) is 2.08. The molecule has 0 saturated carbocycles. The molecule has 0 N–H and O–H groups in total. The van der Waals surface area contributed by atoms with E-state index >= 15 is 0 Å². The van der Waals surface area contributed by atoms with E-state index in [0.717, 1.165) is 50.3 Å². The second kappa shape index (κ2) is 15.2. The first-order chi connectivity index (χ1) is 12.0. The monoisotopic (exact) mass is 352 g/mol. The van der Waals surface area contributed by atoms with Crippen molar-refractivity contribution in [3.63, 3.8) is 0 Å². The largest absolute Gasteiger partial charge is 0.463 e. The molecule has 0 spiro atoms. The highest BCUT2D eigenvalue weighted by atomic mass is 16.5. The molecule has 0 bridgehead atoms. The summed E-state index contributed by atoms with van der Waals surface area (Å²) in [7, 11) is 0. The van der Waals surface area contributed by atoms with Crippen molar-refractivity contribution in [1.82, 2.24) is 0 Å². The summed E-state index contributed by atoms with van der Waals surface area (Å²) in [6.45, 7) is 10.7. The van der Waals surface area contributed by atoms with Gasteiger partial charge in [-0.2, -0.15) is 0 Å². The van der Waals surface area contributed by atoms with Gasteiger partial charge in [0.05, 0.1) is 13.2 Å². The Labute approximate surface area is 149 Å². The molecule has 0 aliphatic heterocycles. The Hall–Kier alpha value is -2.37. The molecule has 0 amide bonds. The average Bonchev–Trinajstić information content (AvgIpc) is 2.63. The number of unbranched alkanes of at least 4 members (excludes halogenated alkanes) is 3. The Kier molecular flexibility index (Phi) is 13.7. The van der Waals surface area contributed by atoms with E-state index in [2.05, 4.69) is 19.7 Å². The van der Waals surface area contributed by atoms with Crippen molar-refractivity contribution in [2.45, 2.75) is 51.0 Å². The maximum Gasteiger partial charge on any atom is 0.330 e. The first-order valence-electron chi connectivity index (χ1n) is 8.45. The minimum absolute atomic E-state index is 0.230. The van der Waals surface area contributed by atoms with Crippen LogP contribution in [0.4, 0.5) is 0 Å². The van der Waals surface area contributed by atoms with E-state index in [1.165, 1.54) is 0 Å². The number of carbonyl (C=O) groups is 3. The minimum atomic E-state index is -0.461. The number of hydrogen-bond acceptors (Lipinski definition) is 6. The number of ether oxygens (including phenoxy) is 3. The van der Waals surface area contributed by atoms with E-state index < -0.39 is 17.9 Å². The molecular formula is C19H28O6. The van der Waals surface area contributed by atoms with Crippen LogP contribution < -0.4 is 0 Å². The minimum Gasteiger partial charge on any atom is -0.463 e. The molecule has 0 aromatic carbocycles. The van der Waals surface area contributed by atoms with Crippen LogP contribution in [0.5, 0.6) is 0 Å². The van der Waals surface area contributed by atoms with E-state index in [1.807, 2.05) is 0 Å². The average molecular weight is 352 g/mol. The van der Waals surface area contributed by atoms with Crippen LogP contribution in [0.15, 0.2) is 38.0 Å². The summed E-state index contributed by atoms with van der Waals surface area (Å²) in [5, 5.41) is 0. The van der Waals surface area contributed by atoms with Crippen LogP contribution in [0.3, 0.4) is 0 Å². The zero-order valence-corrected chi connectivity index (χ0v) is 14.7. The lowest BCUT2D eigenvalue weighted by Crippen LogP contribution is -2.18. The summed E-state index contributed by atoms with van der Waals surface area (Å²) in [6, 6.07) is 0. The maximum atomic E-state index is 11.4. The normalized spacial score (nSPS) is 11.0. The summed E-state index contributed by atoms with van der Waals surface area (Å²) < 4.78 is 15.1. The summed E-state index contributed by atoms with van der Waals surface area (Å²) in [5.41, 5.74) is 0. The fourth-order valence-corrected chi connectivity index (χ4v) is 2.08. The van der Waals surface area contributed by atoms with Gasteiger partial charge < -0.3 is 14.2 Å². The third kappa shape index (κ3) is 13.7. The Bertz CT molecular complexity index is 455. The molecule has 25 heavy (non-hydrogen) atoms. The van der Waals surface area contributed by atoms with Crippen LogP contribution >= 0.6 is 0 Å². The Morgan fingerprint density at radius 1 is 0.680 bits per heavy atom. The number of carbonyl (C=O) groups excluding carboxylic acids is 3. The van der Waals surface area contributed by atoms with Crippen molar-refractivity contribution < 1.29 is 28.6 Å². The zero-order chi connectivity index (χ0) is 18.9. The molecule has 0 aromatic heterocycles. The highest BCUT2D eigenvalue weighted by Gasteiger charge is 2.12. The van der Waals surface area contributed by atoms with Crippen LogP contribution in [0, 0.1) is 0 Å². The van der Waals surface area contributed by atoms with E-state index in [-0.39, 0.29) is 12.7 Å². The fraction of sp³-hybridized carbons (Fsp3) is 0.526. The predicted octanol–water partition coefficient (Wildman–Crippen LogP) is 3.27. The second-order valence-electron chi connectivity index (χ2n) is 5.35. The van der Waals surface area contributed by atoms with Gasteiger partial charge in [-0.1, -0.05) is 32.6 Å². The Morgan fingerprint density at radius 2 is 1.16 bits per heavy atom. The van der Waals surface area contributed by atoms with Crippen LogP contribution in [-0.2, 0) is 28.6 Å². The molecule has 0 aliphatic rings. The molecule has 0 heterocycles. The van der Waals surface area contributed by atoms with Gasteiger partial charge in [0.1, 0.15) is 6.10 Å². The SMILES string of the molecule is C=CC(=O)OCCCCCCC(CCCOC(=O)C=C)OC(=O)C=C. The van der Waals surface area contributed by atoms with Crippen molar-refractivity contribution in [2.24, 2.45) is 0 Å². The summed E-state index contributed by atoms with van der Waals surface area (Å²) in [6.07, 6.45) is 8.64. The third-order valence-corrected chi connectivity index (χ3v) is 3.36. The molecule has 0 aliphatic carbocycles. The number of esters is 3. The molecule has 0 rings (SSSR count). The van der Waals surface area contributed by atoms with Crippen LogP contribution in [0.2, 0.25) is 0 Å². The zero-order valence-electron chi connectivity index (χ0n) is 14.7. The molecule has 0 saturated heterocycles. The molecule has 140 valence electrons. The van der Waals surface area contributed by atoms with Crippen molar-refractivity contribution in [3.05, 3.63) is 38.0 Å². The highest BCUT2D eigenvalue weighted by molar-refractivity contribution is 5.81. The van der Waals surface area contributed by atoms with Gasteiger partial charge in [-0.15, -0.1) is 0 Å². The standard InChI is InChI=1S/C19H28O6/c1-4-17(20)23-14-10-8-7-9-12-16(25-19(22)6-3)13-11-15-24-18(21)5-2/h4-6,16H,1-3,7-15H2. The van der Waals surface area contributed by atoms with Crippen molar-refractivity contribution in [2.75, 3.05) is 13.2 Å². The number of hydrogen-bond donors (Lipinski definition) is 0. The molecule has 0 radical (unpaired) electrons. The van der Waals surface area contributed by atoms with Gasteiger partial charge >= 0.3 is 17.9 Å². The predicted molar refractivity (Wildman–Crippen MR) is 94.7 cm³/mol. The molecule has 0 aromatic rings. The van der Waals surface area contributed by atoms with Gasteiger partial charge in [0.25, 0.3) is 0 Å². The lowest BCUT2D eigenvalue weighted by molar-refractivity contribution is -0.145. The van der Waals surface area contributed by atoms with E-state index in [4.69, 9.17) is 14.2 Å². The van der Waals surface area contributed by atoms with E-state index in [1.54, 1.807) is 0 Å². The quantitative estimate of drug-likeness (QED) is 0.195. The van der Waals surface area contributed by atoms with E-state index in [9.17, 15) is 14.4 Å². The van der Waals surface area contributed by atoms with Gasteiger partial charge in [-0.05, 0) is 32.1 Å². The van der Waals surface area contributed by atoms with Gasteiger partial charge in [0.15, 0.2) is 0 Å². The lowest BCUT2D eigenvalue weighted by Gasteiger charge is -2.17. The summed E-state index contributed by atoms with van der Waals surface area (Å²) >= 11 is 0. The van der Waals surface area contributed by atoms with Crippen LogP contribution in [0.25, 0.3) is 0 Å². The maximum absolute atomic E-state index is 11.4. The van der Waals surface area contributed by atoms with Crippen LogP contribution in [0.1, 0.15) is 44.9 Å². The smallest absolute Gasteiger partial charge is 0.330 e. The highest BCUT2D eigenvalue weighted by Crippen LogP contribution is 2.14. The summed E-state index contributed by atoms with van der Waals surface area (Å²) in [5.74, 6) is -1.32. The molecule has 1 atom stereocenters. The van der Waals surface area contributed by atoms with E-state index in [0.29, 0.717) is 19.4 Å². The molecule has 6 nitrogen and oxygen atoms in total. The lowest BCUT2D eigenvalue weighted by atomic mass is 10.1. The van der Waals surface area contributed by atoms with Gasteiger partial charge in [0.2, 0.25) is 0 Å². The molecule has 1 unspecified atom stereocenters. The Morgan fingerprint density at radius 3 is 1.72 bits per heavy atom. The first-order valence-corrected chi connectivity index (χ1v) is 8.45. The molecule has 6 heteroatoms. The van der Waals surface area contributed by atoms with Gasteiger partial charge in [-0.3, -0.25) is 0 Å².